The van der Waals surface area contributed by atoms with E-state index < -0.39 is 11.7 Å². The molecule has 2 fully saturated rings. The predicted octanol–water partition coefficient (Wildman–Crippen LogP) is 3.43. The molecule has 1 aromatic heterocycles. The van der Waals surface area contributed by atoms with E-state index >= 15 is 0 Å². The number of halogens is 3. The number of aromatic nitrogens is 2. The minimum Gasteiger partial charge on any atom is -0.378 e. The van der Waals surface area contributed by atoms with E-state index in [9.17, 15) is 13.2 Å². The van der Waals surface area contributed by atoms with Crippen molar-refractivity contribution in [2.75, 3.05) is 56.2 Å². The van der Waals surface area contributed by atoms with Crippen LogP contribution in [0, 0.1) is 0 Å². The number of morpholine rings is 1. The topological polar surface area (TPSA) is 44.7 Å². The molecule has 2 aromatic rings. The molecule has 1 unspecified atom stereocenters. The first-order valence-corrected chi connectivity index (χ1v) is 10.7. The second-order valence-electron chi connectivity index (χ2n) is 8.15. The van der Waals surface area contributed by atoms with Crippen LogP contribution in [0.3, 0.4) is 0 Å². The third kappa shape index (κ3) is 5.46. The van der Waals surface area contributed by atoms with Crippen LogP contribution in [0.25, 0.3) is 0 Å². The van der Waals surface area contributed by atoms with Crippen LogP contribution in [0.2, 0.25) is 0 Å². The Morgan fingerprint density at radius 2 is 1.84 bits per heavy atom. The number of anilines is 2. The van der Waals surface area contributed by atoms with Crippen LogP contribution in [-0.2, 0) is 17.5 Å². The van der Waals surface area contributed by atoms with Crippen molar-refractivity contribution in [1.29, 1.82) is 0 Å². The molecule has 2 aliphatic rings. The van der Waals surface area contributed by atoms with Gasteiger partial charge in [-0.25, -0.2) is 4.98 Å². The molecule has 2 saturated heterocycles. The van der Waals surface area contributed by atoms with Gasteiger partial charge in [0.25, 0.3) is 0 Å². The fraction of sp³-hybridized carbons (Fsp3) is 0.545. The minimum absolute atomic E-state index is 0.288. The van der Waals surface area contributed by atoms with Crippen LogP contribution in [0.5, 0.6) is 0 Å². The number of hydrogen-bond acceptors (Lipinski definition) is 6. The summed E-state index contributed by atoms with van der Waals surface area (Å²) in [5.74, 6) is 1.61. The molecule has 1 atom stereocenters. The number of piperidine rings is 1. The normalized spacial score (nSPS) is 20.6. The summed E-state index contributed by atoms with van der Waals surface area (Å²) >= 11 is 0. The monoisotopic (exact) mass is 435 g/mol. The zero-order valence-electron chi connectivity index (χ0n) is 17.7. The zero-order valence-corrected chi connectivity index (χ0v) is 17.7. The van der Waals surface area contributed by atoms with Gasteiger partial charge in [0.15, 0.2) is 0 Å². The Morgan fingerprint density at radius 3 is 2.55 bits per heavy atom. The molecule has 0 bridgehead atoms. The molecule has 0 amide bonds. The number of likely N-dealkylation sites (tertiary alicyclic amines) is 1. The van der Waals surface area contributed by atoms with Gasteiger partial charge in [-0.1, -0.05) is 12.1 Å². The number of ether oxygens (including phenoxy) is 1. The maximum absolute atomic E-state index is 12.8. The van der Waals surface area contributed by atoms with Crippen molar-refractivity contribution in [3.63, 3.8) is 0 Å². The Bertz CT molecular complexity index is 855. The average Bonchev–Trinajstić information content (AvgIpc) is 2.79. The molecular formula is C22H28F3N5O. The van der Waals surface area contributed by atoms with Crippen molar-refractivity contribution < 1.29 is 17.9 Å². The Balaban J connectivity index is 1.39. The van der Waals surface area contributed by atoms with Crippen LogP contribution < -0.4 is 9.80 Å². The SMILES string of the molecule is CN(c1ccnc(N2CCOCC2)n1)C1CCCN(Cc2ccc(C(F)(F)F)cc2)C1. The molecule has 9 heteroatoms. The van der Waals surface area contributed by atoms with Crippen LogP contribution in [-0.4, -0.2) is 67.4 Å². The lowest BCUT2D eigenvalue weighted by Gasteiger charge is -2.38. The van der Waals surface area contributed by atoms with Gasteiger partial charge in [0.2, 0.25) is 5.95 Å². The van der Waals surface area contributed by atoms with Gasteiger partial charge in [0.05, 0.1) is 18.8 Å². The second kappa shape index (κ2) is 9.40. The average molecular weight is 435 g/mol. The van der Waals surface area contributed by atoms with Crippen molar-refractivity contribution in [3.05, 3.63) is 47.7 Å². The van der Waals surface area contributed by atoms with Crippen LogP contribution in [0.1, 0.15) is 24.0 Å². The third-order valence-corrected chi connectivity index (χ3v) is 6.00. The molecule has 31 heavy (non-hydrogen) atoms. The quantitative estimate of drug-likeness (QED) is 0.717. The number of hydrogen-bond donors (Lipinski definition) is 0. The van der Waals surface area contributed by atoms with E-state index in [0.717, 1.165) is 68.5 Å². The van der Waals surface area contributed by atoms with Crippen molar-refractivity contribution >= 4 is 11.8 Å². The van der Waals surface area contributed by atoms with E-state index in [1.807, 2.05) is 6.07 Å². The summed E-state index contributed by atoms with van der Waals surface area (Å²) in [6.45, 7) is 5.37. The van der Waals surface area contributed by atoms with E-state index in [2.05, 4.69) is 26.7 Å². The van der Waals surface area contributed by atoms with Gasteiger partial charge in [-0.2, -0.15) is 18.2 Å². The summed E-state index contributed by atoms with van der Waals surface area (Å²) in [4.78, 5) is 15.8. The molecule has 0 N–H and O–H groups in total. The van der Waals surface area contributed by atoms with Gasteiger partial charge in [0.1, 0.15) is 5.82 Å². The highest BCUT2D eigenvalue weighted by Crippen LogP contribution is 2.29. The van der Waals surface area contributed by atoms with Crippen LogP contribution in [0.15, 0.2) is 36.5 Å². The fourth-order valence-electron chi connectivity index (χ4n) is 4.19. The minimum atomic E-state index is -4.30. The van der Waals surface area contributed by atoms with Gasteiger partial charge in [0, 0.05) is 45.5 Å². The molecular weight excluding hydrogens is 407 g/mol. The smallest absolute Gasteiger partial charge is 0.378 e. The second-order valence-corrected chi connectivity index (χ2v) is 8.15. The highest BCUT2D eigenvalue weighted by atomic mass is 19.4. The highest BCUT2D eigenvalue weighted by molar-refractivity contribution is 5.44. The lowest BCUT2D eigenvalue weighted by Crippen LogP contribution is -2.46. The largest absolute Gasteiger partial charge is 0.416 e. The molecule has 168 valence electrons. The molecule has 6 nitrogen and oxygen atoms in total. The summed E-state index contributed by atoms with van der Waals surface area (Å²) in [5.41, 5.74) is 0.292. The van der Waals surface area contributed by atoms with E-state index in [4.69, 9.17) is 9.72 Å². The summed E-state index contributed by atoms with van der Waals surface area (Å²) in [6, 6.07) is 7.70. The molecule has 0 aliphatic carbocycles. The van der Waals surface area contributed by atoms with Gasteiger partial charge in [-0.3, -0.25) is 4.90 Å². The fourth-order valence-corrected chi connectivity index (χ4v) is 4.19. The summed E-state index contributed by atoms with van der Waals surface area (Å²) < 4.78 is 43.8. The Morgan fingerprint density at radius 1 is 1.10 bits per heavy atom. The van der Waals surface area contributed by atoms with E-state index in [1.165, 1.54) is 0 Å². The van der Waals surface area contributed by atoms with E-state index in [1.54, 1.807) is 18.3 Å². The molecule has 4 rings (SSSR count). The first kappa shape index (κ1) is 21.8. The summed E-state index contributed by atoms with van der Waals surface area (Å²) in [6.07, 6.45) is -0.407. The first-order valence-electron chi connectivity index (χ1n) is 10.7. The number of rotatable bonds is 5. The van der Waals surface area contributed by atoms with Crippen molar-refractivity contribution in [1.82, 2.24) is 14.9 Å². The Kier molecular flexibility index (Phi) is 6.62. The molecule has 1 aromatic carbocycles. The van der Waals surface area contributed by atoms with E-state index in [0.29, 0.717) is 19.8 Å². The molecule has 2 aliphatic heterocycles. The molecule has 0 saturated carbocycles. The Hall–Kier alpha value is -2.39. The zero-order chi connectivity index (χ0) is 21.8. The van der Waals surface area contributed by atoms with Crippen LogP contribution in [0.4, 0.5) is 24.9 Å². The maximum Gasteiger partial charge on any atom is 0.416 e. The van der Waals surface area contributed by atoms with Gasteiger partial charge in [-0.15, -0.1) is 0 Å². The maximum atomic E-state index is 12.8. The predicted molar refractivity (Wildman–Crippen MR) is 113 cm³/mol. The molecule has 3 heterocycles. The number of nitrogens with zero attached hydrogens (tertiary/aromatic N) is 5. The standard InChI is InChI=1S/C22H28F3N5O/c1-28(20-8-9-26-21(27-20)30-11-13-31-14-12-30)19-3-2-10-29(16-19)15-17-4-6-18(7-5-17)22(23,24)25/h4-9,19H,2-3,10-16H2,1H3. The number of likely N-dealkylation sites (N-methyl/N-ethyl adjacent to an activating group) is 1. The van der Waals surface area contributed by atoms with Gasteiger partial charge >= 0.3 is 6.18 Å². The summed E-state index contributed by atoms with van der Waals surface area (Å²) in [5, 5.41) is 0. The lowest BCUT2D eigenvalue weighted by atomic mass is 10.0. The number of alkyl halides is 3. The van der Waals surface area contributed by atoms with Crippen molar-refractivity contribution in [3.8, 4) is 0 Å². The van der Waals surface area contributed by atoms with Crippen LogP contribution >= 0.6 is 0 Å². The third-order valence-electron chi connectivity index (χ3n) is 6.00. The Labute approximate surface area is 180 Å². The lowest BCUT2D eigenvalue weighted by molar-refractivity contribution is -0.137. The van der Waals surface area contributed by atoms with Gasteiger partial charge in [-0.05, 0) is 43.1 Å². The number of benzene rings is 1. The van der Waals surface area contributed by atoms with Crippen molar-refractivity contribution in [2.45, 2.75) is 31.6 Å². The van der Waals surface area contributed by atoms with Gasteiger partial charge < -0.3 is 14.5 Å². The van der Waals surface area contributed by atoms with Crippen molar-refractivity contribution in [2.24, 2.45) is 0 Å². The first-order chi connectivity index (χ1) is 14.9. The summed E-state index contributed by atoms with van der Waals surface area (Å²) in [7, 11) is 2.05. The highest BCUT2D eigenvalue weighted by Gasteiger charge is 2.30. The van der Waals surface area contributed by atoms with E-state index in [-0.39, 0.29) is 6.04 Å². The molecule has 0 spiro atoms. The molecule has 0 radical (unpaired) electrons.